The van der Waals surface area contributed by atoms with Crippen molar-refractivity contribution in [2.45, 2.75) is 13.8 Å². The zero-order valence-corrected chi connectivity index (χ0v) is 17.9. The molecule has 2 N–H and O–H groups in total. The molecule has 2 aromatic heterocycles. The molecule has 0 fully saturated rings. The van der Waals surface area contributed by atoms with Crippen LogP contribution >= 0.6 is 0 Å². The number of aryl methyl sites for hydroxylation is 1. The van der Waals surface area contributed by atoms with Crippen LogP contribution in [0.25, 0.3) is 17.1 Å². The van der Waals surface area contributed by atoms with Crippen molar-refractivity contribution in [1.29, 1.82) is 0 Å². The third-order valence-corrected chi connectivity index (χ3v) is 4.72. The van der Waals surface area contributed by atoms with Gasteiger partial charge in [-0.15, -0.1) is 0 Å². The molecule has 0 spiro atoms. The van der Waals surface area contributed by atoms with Crippen LogP contribution < -0.4 is 15.4 Å². The Morgan fingerprint density at radius 1 is 1.03 bits per heavy atom. The van der Waals surface area contributed by atoms with Crippen LogP contribution in [0.1, 0.15) is 23.0 Å². The molecular weight excluding hydrogens is 408 g/mol. The van der Waals surface area contributed by atoms with Gasteiger partial charge in [-0.2, -0.15) is 5.10 Å². The highest BCUT2D eigenvalue weighted by atomic mass is 16.5. The highest BCUT2D eigenvalue weighted by Crippen LogP contribution is 2.30. The average Bonchev–Trinajstić information content (AvgIpc) is 3.41. The van der Waals surface area contributed by atoms with Crippen LogP contribution in [0.15, 0.2) is 71.3 Å². The first kappa shape index (κ1) is 20.9. The molecule has 0 aliphatic heterocycles. The van der Waals surface area contributed by atoms with Gasteiger partial charge >= 0.3 is 0 Å². The Balaban J connectivity index is 1.70. The molecule has 2 amide bonds. The van der Waals surface area contributed by atoms with Crippen LogP contribution in [0, 0.1) is 6.92 Å². The molecule has 0 atom stereocenters. The number of anilines is 2. The quantitative estimate of drug-likeness (QED) is 0.464. The van der Waals surface area contributed by atoms with Crippen LogP contribution in [-0.4, -0.2) is 28.7 Å². The molecule has 162 valence electrons. The largest absolute Gasteiger partial charge is 0.495 e. The van der Waals surface area contributed by atoms with Crippen LogP contribution in [0.5, 0.6) is 5.75 Å². The summed E-state index contributed by atoms with van der Waals surface area (Å²) in [5.41, 5.74) is 2.54. The summed E-state index contributed by atoms with van der Waals surface area (Å²) >= 11 is 0. The number of aromatic nitrogens is 2. The Morgan fingerprint density at radius 2 is 1.81 bits per heavy atom. The highest BCUT2D eigenvalue weighted by molar-refractivity contribution is 6.08. The number of amides is 2. The minimum absolute atomic E-state index is 0.244. The smallest absolute Gasteiger partial charge is 0.259 e. The molecule has 4 aromatic rings. The van der Waals surface area contributed by atoms with Gasteiger partial charge in [-0.1, -0.05) is 18.2 Å². The normalized spacial score (nSPS) is 10.6. The molecule has 2 heterocycles. The summed E-state index contributed by atoms with van der Waals surface area (Å²) in [4.78, 5) is 24.7. The van der Waals surface area contributed by atoms with E-state index >= 15 is 0 Å². The average molecular weight is 430 g/mol. The van der Waals surface area contributed by atoms with Crippen molar-refractivity contribution in [2.75, 3.05) is 17.7 Å². The van der Waals surface area contributed by atoms with Gasteiger partial charge in [-0.3, -0.25) is 9.59 Å². The number of carbonyl (C=O) groups is 2. The number of hydrogen-bond donors (Lipinski definition) is 2. The summed E-state index contributed by atoms with van der Waals surface area (Å²) in [7, 11) is 1.51. The van der Waals surface area contributed by atoms with E-state index in [9.17, 15) is 9.59 Å². The number of ether oxygens (including phenoxy) is 1. The molecule has 4 rings (SSSR count). The number of nitrogens with zero attached hydrogens (tertiary/aromatic N) is 2. The molecule has 8 nitrogen and oxygen atoms in total. The topological polar surface area (TPSA) is 98.4 Å². The lowest BCUT2D eigenvalue weighted by molar-refractivity contribution is -0.114. The van der Waals surface area contributed by atoms with Crippen molar-refractivity contribution in [3.05, 3.63) is 78.2 Å². The monoisotopic (exact) mass is 430 g/mol. The third kappa shape index (κ3) is 4.39. The Kier molecular flexibility index (Phi) is 5.76. The lowest BCUT2D eigenvalue weighted by Crippen LogP contribution is -2.13. The third-order valence-electron chi connectivity index (χ3n) is 4.72. The van der Waals surface area contributed by atoms with Gasteiger partial charge in [0.1, 0.15) is 17.2 Å². The molecule has 0 unspecified atom stereocenters. The summed E-state index contributed by atoms with van der Waals surface area (Å²) < 4.78 is 12.6. The fraction of sp³-hybridized carbons (Fsp3) is 0.125. The second kappa shape index (κ2) is 8.81. The van der Waals surface area contributed by atoms with E-state index in [2.05, 4.69) is 15.7 Å². The Bertz CT molecular complexity index is 1270. The summed E-state index contributed by atoms with van der Waals surface area (Å²) in [5.74, 6) is 1.09. The number of para-hydroxylation sites is 1. The van der Waals surface area contributed by atoms with Crippen LogP contribution in [-0.2, 0) is 4.79 Å². The Labute approximate surface area is 184 Å². The van der Waals surface area contributed by atoms with E-state index in [-0.39, 0.29) is 11.8 Å². The predicted octanol–water partition coefficient (Wildman–Crippen LogP) is 4.66. The van der Waals surface area contributed by atoms with Crippen LogP contribution in [0.3, 0.4) is 0 Å². The zero-order chi connectivity index (χ0) is 22.7. The SMILES string of the molecule is COc1ccc(NC(=O)c2cn(-c3ccccc3)nc2-c2ccc(C)o2)cc1NC(C)=O. The fourth-order valence-electron chi connectivity index (χ4n) is 3.27. The van der Waals surface area contributed by atoms with Crippen molar-refractivity contribution in [1.82, 2.24) is 9.78 Å². The summed E-state index contributed by atoms with van der Waals surface area (Å²) in [6.07, 6.45) is 1.66. The zero-order valence-electron chi connectivity index (χ0n) is 17.9. The van der Waals surface area contributed by atoms with Crippen molar-refractivity contribution in [3.8, 4) is 22.9 Å². The lowest BCUT2D eigenvalue weighted by Gasteiger charge is -2.11. The van der Waals surface area contributed by atoms with Crippen molar-refractivity contribution >= 4 is 23.2 Å². The second-order valence-corrected chi connectivity index (χ2v) is 7.13. The molecule has 0 saturated heterocycles. The summed E-state index contributed by atoms with van der Waals surface area (Å²) in [6, 6.07) is 18.1. The number of rotatable bonds is 6. The minimum atomic E-state index is -0.366. The van der Waals surface area contributed by atoms with Crippen molar-refractivity contribution in [3.63, 3.8) is 0 Å². The first-order valence-electron chi connectivity index (χ1n) is 9.93. The van der Waals surface area contributed by atoms with Crippen molar-refractivity contribution < 1.29 is 18.7 Å². The van der Waals surface area contributed by atoms with Gasteiger partial charge in [0, 0.05) is 18.8 Å². The van der Waals surface area contributed by atoms with E-state index in [1.807, 2.05) is 43.3 Å². The standard InChI is InChI=1S/C24H22N4O4/c1-15-9-11-22(32-15)23-19(14-28(27-23)18-7-5-4-6-8-18)24(30)26-17-10-12-21(31-3)20(13-17)25-16(2)29/h4-14H,1-3H3,(H,25,29)(H,26,30). The summed E-state index contributed by atoms with van der Waals surface area (Å²) in [6.45, 7) is 3.23. The van der Waals surface area contributed by atoms with Crippen molar-refractivity contribution in [2.24, 2.45) is 0 Å². The van der Waals surface area contributed by atoms with Gasteiger partial charge in [-0.05, 0) is 49.4 Å². The minimum Gasteiger partial charge on any atom is -0.495 e. The summed E-state index contributed by atoms with van der Waals surface area (Å²) in [5, 5.41) is 10.2. The number of carbonyl (C=O) groups excluding carboxylic acids is 2. The Morgan fingerprint density at radius 3 is 2.47 bits per heavy atom. The van der Waals surface area contributed by atoms with Gasteiger partial charge in [0.05, 0.1) is 24.0 Å². The maximum absolute atomic E-state index is 13.2. The molecule has 0 aliphatic carbocycles. The van der Waals surface area contributed by atoms with Gasteiger partial charge in [0.15, 0.2) is 5.76 Å². The van der Waals surface area contributed by atoms with E-state index in [1.165, 1.54) is 14.0 Å². The van der Waals surface area contributed by atoms with Gasteiger partial charge in [0.25, 0.3) is 5.91 Å². The highest BCUT2D eigenvalue weighted by Gasteiger charge is 2.21. The molecule has 0 radical (unpaired) electrons. The molecule has 0 saturated carbocycles. The first-order chi connectivity index (χ1) is 15.4. The van der Waals surface area contributed by atoms with Crippen LogP contribution in [0.4, 0.5) is 11.4 Å². The van der Waals surface area contributed by atoms with E-state index in [4.69, 9.17) is 9.15 Å². The number of furan rings is 1. The van der Waals surface area contributed by atoms with Gasteiger partial charge < -0.3 is 19.8 Å². The number of hydrogen-bond acceptors (Lipinski definition) is 5. The van der Waals surface area contributed by atoms with E-state index in [0.29, 0.717) is 34.1 Å². The molecule has 8 heteroatoms. The molecule has 32 heavy (non-hydrogen) atoms. The lowest BCUT2D eigenvalue weighted by atomic mass is 10.2. The molecular formula is C24H22N4O4. The maximum atomic E-state index is 13.2. The van der Waals surface area contributed by atoms with E-state index in [0.717, 1.165) is 11.4 Å². The molecule has 0 bridgehead atoms. The number of methoxy groups -OCH3 is 1. The predicted molar refractivity (Wildman–Crippen MR) is 121 cm³/mol. The van der Waals surface area contributed by atoms with Gasteiger partial charge in [-0.25, -0.2) is 4.68 Å². The van der Waals surface area contributed by atoms with Gasteiger partial charge in [0.2, 0.25) is 5.91 Å². The number of benzene rings is 2. The molecule has 0 aliphatic rings. The molecule has 2 aromatic carbocycles. The van der Waals surface area contributed by atoms with Crippen LogP contribution in [0.2, 0.25) is 0 Å². The second-order valence-electron chi connectivity index (χ2n) is 7.13. The van der Waals surface area contributed by atoms with E-state index in [1.54, 1.807) is 35.1 Å². The number of nitrogens with one attached hydrogen (secondary N) is 2. The Hall–Kier alpha value is -4.33. The first-order valence-corrected chi connectivity index (χ1v) is 9.93. The fourth-order valence-corrected chi connectivity index (χ4v) is 3.27. The van der Waals surface area contributed by atoms with E-state index < -0.39 is 0 Å². The maximum Gasteiger partial charge on any atom is 0.259 e.